The maximum absolute atomic E-state index is 13.1. The number of hydrogen-bond donors (Lipinski definition) is 3. The van der Waals surface area contributed by atoms with Gasteiger partial charge >= 0.3 is 5.97 Å². The second-order valence-electron chi connectivity index (χ2n) is 8.98. The van der Waals surface area contributed by atoms with Gasteiger partial charge in [-0.1, -0.05) is 44.7 Å². The van der Waals surface area contributed by atoms with Gasteiger partial charge in [0.2, 0.25) is 5.91 Å². The Morgan fingerprint density at radius 2 is 1.95 bits per heavy atom. The first-order valence-electron chi connectivity index (χ1n) is 12.7. The average Bonchev–Trinajstić information content (AvgIpc) is 2.91. The fourth-order valence-corrected chi connectivity index (χ4v) is 4.62. The topological polar surface area (TPSA) is 144 Å². The third-order valence-corrected chi connectivity index (χ3v) is 7.37. The number of esters is 1. The summed E-state index contributed by atoms with van der Waals surface area (Å²) >= 11 is 2.63. The van der Waals surface area contributed by atoms with E-state index in [-0.39, 0.29) is 41.3 Å². The van der Waals surface area contributed by atoms with Crippen LogP contribution in [0.15, 0.2) is 41.0 Å². The molecular weight excluding hydrogens is 540 g/mol. The van der Waals surface area contributed by atoms with Crippen molar-refractivity contribution in [3.05, 3.63) is 47.4 Å². The summed E-state index contributed by atoms with van der Waals surface area (Å²) in [7, 11) is 0. The fourth-order valence-electron chi connectivity index (χ4n) is 3.45. The lowest BCUT2D eigenvalue weighted by atomic mass is 10.0. The highest BCUT2D eigenvalue weighted by Gasteiger charge is 2.30. The Hall–Kier alpha value is -3.12. The number of amides is 3. The second kappa shape index (κ2) is 16.1. The lowest BCUT2D eigenvalue weighted by molar-refractivity contribution is -0.153. The molecule has 0 saturated carbocycles. The molecule has 2 heterocycles. The summed E-state index contributed by atoms with van der Waals surface area (Å²) in [6.45, 7) is 6.94. The van der Waals surface area contributed by atoms with Gasteiger partial charge in [-0.15, -0.1) is 11.8 Å². The molecule has 2 atom stereocenters. The third kappa shape index (κ3) is 10.5. The third-order valence-electron chi connectivity index (χ3n) is 5.62. The van der Waals surface area contributed by atoms with Crippen molar-refractivity contribution in [2.75, 3.05) is 12.0 Å². The number of cyclic esters (lactones) is 1. The van der Waals surface area contributed by atoms with E-state index >= 15 is 0 Å². The van der Waals surface area contributed by atoms with Crippen LogP contribution in [0.25, 0.3) is 0 Å². The number of thioether (sulfide) groups is 2. The summed E-state index contributed by atoms with van der Waals surface area (Å²) in [6, 6.07) is 2.33. The first kappa shape index (κ1) is 32.1. The van der Waals surface area contributed by atoms with Gasteiger partial charge in [0.25, 0.3) is 11.8 Å². The molecule has 212 valence electrons. The molecule has 0 fully saturated rings. The van der Waals surface area contributed by atoms with E-state index in [1.807, 2.05) is 6.26 Å². The number of carbonyl (C=O) groups excluding carboxylic acids is 5. The van der Waals surface area contributed by atoms with Gasteiger partial charge in [0.15, 0.2) is 5.12 Å². The van der Waals surface area contributed by atoms with E-state index < -0.39 is 29.9 Å². The van der Waals surface area contributed by atoms with Crippen LogP contribution >= 0.6 is 23.5 Å². The van der Waals surface area contributed by atoms with Gasteiger partial charge in [0, 0.05) is 17.1 Å². The Labute approximate surface area is 237 Å². The number of ether oxygens (including phenoxy) is 1. The van der Waals surface area contributed by atoms with Crippen LogP contribution < -0.4 is 16.0 Å². The maximum atomic E-state index is 13.1. The average molecular weight is 577 g/mol. The summed E-state index contributed by atoms with van der Waals surface area (Å²) in [6.07, 6.45) is 6.64. The number of nitrogens with one attached hydrogen (secondary N) is 3. The van der Waals surface area contributed by atoms with Crippen LogP contribution in [-0.4, -0.2) is 57.9 Å². The van der Waals surface area contributed by atoms with Gasteiger partial charge < -0.3 is 20.7 Å². The van der Waals surface area contributed by atoms with E-state index in [4.69, 9.17) is 4.74 Å². The Morgan fingerprint density at radius 3 is 2.59 bits per heavy atom. The van der Waals surface area contributed by atoms with Crippen molar-refractivity contribution in [3.8, 4) is 0 Å². The van der Waals surface area contributed by atoms with Crippen molar-refractivity contribution >= 4 is 52.3 Å². The van der Waals surface area contributed by atoms with E-state index in [1.165, 1.54) is 29.6 Å². The Kier molecular flexibility index (Phi) is 13.2. The predicted molar refractivity (Wildman–Crippen MR) is 152 cm³/mol. The summed E-state index contributed by atoms with van der Waals surface area (Å²) in [5.74, 6) is -2.12. The molecule has 0 saturated heterocycles. The molecule has 0 spiro atoms. The minimum Gasteiger partial charge on any atom is -0.456 e. The Balaban J connectivity index is 2.37. The summed E-state index contributed by atoms with van der Waals surface area (Å²) in [4.78, 5) is 68.5. The standard InChI is InChI=1S/C27H36N4O6S2/c1-6-20-25(34)31-24(16(3)4)27(36)37-18(10-8-9-11-39-23(33)7-2)13-22(32)28-15-17-12-19(38-5)14-21(29-17)26(35)30-20/h6,8,10,12,14,16,18,24H,7,9,11,13,15H2,1-5H3,(H,28,32)(H,30,35)(H,31,34)/b10-8+,20-6-/t18-,24+/m1/s1. The predicted octanol–water partition coefficient (Wildman–Crippen LogP) is 3.13. The number of aromatic nitrogens is 1. The molecule has 1 aromatic rings. The Bertz CT molecular complexity index is 1140. The molecule has 0 aromatic carbocycles. The molecule has 1 aromatic heterocycles. The van der Waals surface area contributed by atoms with Gasteiger partial charge in [-0.25, -0.2) is 9.78 Å². The molecule has 1 aliphatic rings. The molecule has 3 N–H and O–H groups in total. The van der Waals surface area contributed by atoms with Crippen LogP contribution in [-0.2, 0) is 30.5 Å². The quantitative estimate of drug-likeness (QED) is 0.147. The highest BCUT2D eigenvalue weighted by atomic mass is 32.2. The monoisotopic (exact) mass is 576 g/mol. The first-order valence-corrected chi connectivity index (χ1v) is 14.9. The van der Waals surface area contributed by atoms with Crippen molar-refractivity contribution in [1.29, 1.82) is 0 Å². The molecule has 39 heavy (non-hydrogen) atoms. The largest absolute Gasteiger partial charge is 0.456 e. The number of pyridine rings is 1. The van der Waals surface area contributed by atoms with Crippen molar-refractivity contribution in [2.45, 2.75) is 70.5 Å². The van der Waals surface area contributed by atoms with Crippen LogP contribution in [0.2, 0.25) is 0 Å². The number of nitrogens with zero attached hydrogens (tertiary/aromatic N) is 1. The normalized spacial score (nSPS) is 20.5. The minimum atomic E-state index is -1.03. The number of fused-ring (bicyclic) bond motifs is 2. The zero-order valence-corrected chi connectivity index (χ0v) is 24.5. The molecule has 0 aliphatic carbocycles. The minimum absolute atomic E-state index is 0.0349. The van der Waals surface area contributed by atoms with Crippen molar-refractivity contribution in [1.82, 2.24) is 20.9 Å². The number of carbonyl (C=O) groups is 5. The summed E-state index contributed by atoms with van der Waals surface area (Å²) in [5, 5.41) is 8.07. The van der Waals surface area contributed by atoms with Crippen LogP contribution in [0.5, 0.6) is 0 Å². The first-order chi connectivity index (χ1) is 18.6. The van der Waals surface area contributed by atoms with E-state index in [2.05, 4.69) is 20.9 Å². The lowest BCUT2D eigenvalue weighted by Crippen LogP contribution is -2.48. The van der Waals surface area contributed by atoms with E-state index in [9.17, 15) is 24.0 Å². The fraction of sp³-hybridized carbons (Fsp3) is 0.481. The van der Waals surface area contributed by atoms with Crippen LogP contribution in [0.3, 0.4) is 0 Å². The molecule has 0 radical (unpaired) electrons. The number of rotatable bonds is 7. The number of allylic oxidation sites excluding steroid dienone is 2. The highest BCUT2D eigenvalue weighted by Crippen LogP contribution is 2.18. The van der Waals surface area contributed by atoms with Gasteiger partial charge in [0.1, 0.15) is 23.5 Å². The van der Waals surface area contributed by atoms with E-state index in [1.54, 1.807) is 52.0 Å². The lowest BCUT2D eigenvalue weighted by Gasteiger charge is -2.24. The zero-order chi connectivity index (χ0) is 28.9. The van der Waals surface area contributed by atoms with Crippen molar-refractivity contribution in [3.63, 3.8) is 0 Å². The van der Waals surface area contributed by atoms with Crippen LogP contribution in [0.4, 0.5) is 0 Å². The smallest absolute Gasteiger partial charge is 0.329 e. The molecule has 12 heteroatoms. The maximum Gasteiger partial charge on any atom is 0.329 e. The molecule has 10 nitrogen and oxygen atoms in total. The van der Waals surface area contributed by atoms with Gasteiger partial charge in [-0.05, 0) is 43.7 Å². The molecule has 1 aliphatic heterocycles. The van der Waals surface area contributed by atoms with E-state index in [0.717, 1.165) is 4.90 Å². The highest BCUT2D eigenvalue weighted by molar-refractivity contribution is 8.13. The van der Waals surface area contributed by atoms with Crippen molar-refractivity contribution in [2.24, 2.45) is 5.92 Å². The van der Waals surface area contributed by atoms with Gasteiger partial charge in [-0.3, -0.25) is 19.2 Å². The summed E-state index contributed by atoms with van der Waals surface area (Å²) in [5.41, 5.74) is 0.512. The summed E-state index contributed by atoms with van der Waals surface area (Å²) < 4.78 is 5.66. The number of hydrogen-bond acceptors (Lipinski definition) is 9. The van der Waals surface area contributed by atoms with Gasteiger partial charge in [0.05, 0.1) is 18.7 Å². The molecule has 2 bridgehead atoms. The van der Waals surface area contributed by atoms with Crippen LogP contribution in [0.1, 0.15) is 63.1 Å². The molecule has 3 amide bonds. The second-order valence-corrected chi connectivity index (χ2v) is 11.0. The van der Waals surface area contributed by atoms with Crippen molar-refractivity contribution < 1.29 is 28.7 Å². The molecule has 2 rings (SSSR count). The molecular formula is C27H36N4O6S2. The van der Waals surface area contributed by atoms with E-state index in [0.29, 0.717) is 24.3 Å². The zero-order valence-electron chi connectivity index (χ0n) is 22.9. The van der Waals surface area contributed by atoms with Crippen LogP contribution in [0, 0.1) is 5.92 Å². The Morgan fingerprint density at radius 1 is 1.21 bits per heavy atom. The SMILES string of the molecule is C/C=C1\NC(=O)c2cc(SC)cc(n2)CNC(=O)C[C@@H](/C=C/CCSC(=O)CC)OC(=O)[C@H](C(C)C)NC1=O. The van der Waals surface area contributed by atoms with Gasteiger partial charge in [-0.2, -0.15) is 0 Å². The molecule has 0 unspecified atom stereocenters.